The second kappa shape index (κ2) is 3.06. The summed E-state index contributed by atoms with van der Waals surface area (Å²) in [6.07, 6.45) is 0. The quantitative estimate of drug-likeness (QED) is 0.687. The third-order valence-electron chi connectivity index (χ3n) is 2.15. The Kier molecular flexibility index (Phi) is 1.89. The largest absolute Gasteiger partial charge is 0.502 e. The minimum atomic E-state index is -0.436. The van der Waals surface area contributed by atoms with Gasteiger partial charge in [-0.2, -0.15) is 0 Å². The van der Waals surface area contributed by atoms with Crippen molar-refractivity contribution in [3.05, 3.63) is 41.8 Å². The maximum Gasteiger partial charge on any atom is 0.295 e. The summed E-state index contributed by atoms with van der Waals surface area (Å²) in [4.78, 5) is 12.9. The number of carbonyl (C=O) groups is 1. The molecular formula is C10H10N2O2. The number of nitrogens with two attached hydrogens (primary N) is 1. The Morgan fingerprint density at radius 2 is 1.93 bits per heavy atom. The summed E-state index contributed by atoms with van der Waals surface area (Å²) in [5, 5.41) is 9.26. The van der Waals surface area contributed by atoms with Gasteiger partial charge in [-0.3, -0.25) is 9.69 Å². The Labute approximate surface area is 81.3 Å². The Morgan fingerprint density at radius 3 is 2.43 bits per heavy atom. The third-order valence-corrected chi connectivity index (χ3v) is 2.15. The molecule has 0 unspecified atom stereocenters. The molecule has 0 bridgehead atoms. The van der Waals surface area contributed by atoms with E-state index in [1.54, 1.807) is 12.1 Å². The van der Waals surface area contributed by atoms with Gasteiger partial charge in [-0.25, -0.2) is 0 Å². The zero-order valence-corrected chi connectivity index (χ0v) is 7.47. The van der Waals surface area contributed by atoms with Gasteiger partial charge in [-0.05, 0) is 12.1 Å². The second-order valence-electron chi connectivity index (χ2n) is 3.10. The van der Waals surface area contributed by atoms with Crippen LogP contribution in [0.15, 0.2) is 41.8 Å². The van der Waals surface area contributed by atoms with E-state index in [9.17, 15) is 9.90 Å². The summed E-state index contributed by atoms with van der Waals surface area (Å²) in [5.74, 6) is -0.775. The van der Waals surface area contributed by atoms with Crippen LogP contribution in [0, 0.1) is 0 Å². The summed E-state index contributed by atoms with van der Waals surface area (Å²) in [7, 11) is 0. The first-order valence-corrected chi connectivity index (χ1v) is 4.24. The normalized spacial score (nSPS) is 16.6. The van der Waals surface area contributed by atoms with Crippen molar-refractivity contribution in [3.63, 3.8) is 0 Å². The fourth-order valence-electron chi connectivity index (χ4n) is 1.40. The first-order chi connectivity index (χ1) is 6.70. The van der Waals surface area contributed by atoms with Crippen molar-refractivity contribution in [3.8, 4) is 0 Å². The molecule has 0 atom stereocenters. The molecule has 1 aliphatic rings. The van der Waals surface area contributed by atoms with Crippen molar-refractivity contribution >= 4 is 11.6 Å². The number of hydrogen-bond acceptors (Lipinski definition) is 3. The van der Waals surface area contributed by atoms with Crippen molar-refractivity contribution < 1.29 is 9.90 Å². The number of rotatable bonds is 1. The Hall–Kier alpha value is -1.97. The van der Waals surface area contributed by atoms with Crippen LogP contribution in [0.2, 0.25) is 0 Å². The minimum Gasteiger partial charge on any atom is -0.502 e. The van der Waals surface area contributed by atoms with Crippen molar-refractivity contribution in [2.75, 3.05) is 11.4 Å². The molecule has 1 aliphatic heterocycles. The van der Waals surface area contributed by atoms with Crippen LogP contribution in [-0.4, -0.2) is 17.6 Å². The molecule has 0 aromatic heterocycles. The maximum absolute atomic E-state index is 11.5. The number of nitrogens with zero attached hydrogens (tertiary/aromatic N) is 1. The molecule has 4 nitrogen and oxygen atoms in total. The average molecular weight is 190 g/mol. The summed E-state index contributed by atoms with van der Waals surface area (Å²) in [6.45, 7) is 0.259. The van der Waals surface area contributed by atoms with Crippen LogP contribution in [-0.2, 0) is 4.79 Å². The van der Waals surface area contributed by atoms with Gasteiger partial charge >= 0.3 is 0 Å². The average Bonchev–Trinajstić information content (AvgIpc) is 2.47. The number of anilines is 1. The molecule has 1 aromatic rings. The van der Waals surface area contributed by atoms with Crippen LogP contribution >= 0.6 is 0 Å². The van der Waals surface area contributed by atoms with E-state index in [0.717, 1.165) is 5.69 Å². The van der Waals surface area contributed by atoms with E-state index in [2.05, 4.69) is 0 Å². The number of carbonyl (C=O) groups excluding carboxylic acids is 1. The summed E-state index contributed by atoms with van der Waals surface area (Å²) in [6, 6.07) is 9.11. The monoisotopic (exact) mass is 190 g/mol. The standard InChI is InChI=1S/C10H10N2O2/c11-8-6-12(10(14)9(8)13)7-4-2-1-3-5-7/h1-5,13H,6,11H2. The first-order valence-electron chi connectivity index (χ1n) is 4.24. The molecule has 72 valence electrons. The van der Waals surface area contributed by atoms with Crippen molar-refractivity contribution in [1.29, 1.82) is 0 Å². The number of aliphatic hydroxyl groups is 1. The van der Waals surface area contributed by atoms with Crippen LogP contribution in [0.1, 0.15) is 0 Å². The van der Waals surface area contributed by atoms with Crippen molar-refractivity contribution in [2.45, 2.75) is 0 Å². The maximum atomic E-state index is 11.5. The van der Waals surface area contributed by atoms with Gasteiger partial charge in [-0.1, -0.05) is 18.2 Å². The molecule has 0 spiro atoms. The second-order valence-corrected chi connectivity index (χ2v) is 3.10. The van der Waals surface area contributed by atoms with Crippen LogP contribution in [0.3, 0.4) is 0 Å². The van der Waals surface area contributed by atoms with Gasteiger partial charge < -0.3 is 10.8 Å². The van der Waals surface area contributed by atoms with E-state index < -0.39 is 5.91 Å². The number of para-hydroxylation sites is 1. The lowest BCUT2D eigenvalue weighted by atomic mass is 10.3. The lowest BCUT2D eigenvalue weighted by Gasteiger charge is -2.15. The molecule has 0 saturated carbocycles. The van der Waals surface area contributed by atoms with Crippen LogP contribution < -0.4 is 10.6 Å². The lowest BCUT2D eigenvalue weighted by molar-refractivity contribution is -0.116. The molecule has 0 radical (unpaired) electrons. The van der Waals surface area contributed by atoms with Crippen molar-refractivity contribution in [1.82, 2.24) is 0 Å². The minimum absolute atomic E-state index is 0.221. The predicted molar refractivity (Wildman–Crippen MR) is 52.6 cm³/mol. The molecule has 2 rings (SSSR count). The molecule has 3 N–H and O–H groups in total. The van der Waals surface area contributed by atoms with E-state index in [0.29, 0.717) is 0 Å². The van der Waals surface area contributed by atoms with E-state index in [1.165, 1.54) is 4.90 Å². The number of benzene rings is 1. The fourth-order valence-corrected chi connectivity index (χ4v) is 1.40. The van der Waals surface area contributed by atoms with E-state index in [-0.39, 0.29) is 18.0 Å². The summed E-state index contributed by atoms with van der Waals surface area (Å²) >= 11 is 0. The van der Waals surface area contributed by atoms with Gasteiger partial charge in [0.15, 0.2) is 0 Å². The molecule has 0 fully saturated rings. The number of amides is 1. The molecule has 1 heterocycles. The van der Waals surface area contributed by atoms with E-state index >= 15 is 0 Å². The van der Waals surface area contributed by atoms with Gasteiger partial charge in [-0.15, -0.1) is 0 Å². The zero-order chi connectivity index (χ0) is 10.1. The smallest absolute Gasteiger partial charge is 0.295 e. The molecule has 1 aromatic carbocycles. The lowest BCUT2D eigenvalue weighted by Crippen LogP contribution is -2.27. The van der Waals surface area contributed by atoms with Crippen LogP contribution in [0.4, 0.5) is 5.69 Å². The van der Waals surface area contributed by atoms with Gasteiger partial charge in [0.05, 0.1) is 12.2 Å². The Morgan fingerprint density at radius 1 is 1.29 bits per heavy atom. The Balaban J connectivity index is 2.30. The summed E-state index contributed by atoms with van der Waals surface area (Å²) < 4.78 is 0. The molecule has 0 aliphatic carbocycles. The fraction of sp³-hybridized carbons (Fsp3) is 0.100. The number of aliphatic hydroxyl groups excluding tert-OH is 1. The van der Waals surface area contributed by atoms with E-state index in [4.69, 9.17) is 5.73 Å². The highest BCUT2D eigenvalue weighted by atomic mass is 16.3. The molecule has 14 heavy (non-hydrogen) atoms. The SMILES string of the molecule is NC1=C(O)C(=O)N(c2ccccc2)C1. The molecule has 0 saturated heterocycles. The van der Waals surface area contributed by atoms with Gasteiger partial charge in [0, 0.05) is 5.69 Å². The van der Waals surface area contributed by atoms with Crippen LogP contribution in [0.25, 0.3) is 0 Å². The highest BCUT2D eigenvalue weighted by Gasteiger charge is 2.29. The highest BCUT2D eigenvalue weighted by Crippen LogP contribution is 2.21. The highest BCUT2D eigenvalue weighted by molar-refractivity contribution is 6.07. The topological polar surface area (TPSA) is 66.6 Å². The third kappa shape index (κ3) is 1.21. The van der Waals surface area contributed by atoms with Gasteiger partial charge in [0.25, 0.3) is 5.91 Å². The molecular weight excluding hydrogens is 180 g/mol. The van der Waals surface area contributed by atoms with Crippen LogP contribution in [0.5, 0.6) is 0 Å². The van der Waals surface area contributed by atoms with Gasteiger partial charge in [0.1, 0.15) is 0 Å². The predicted octanol–water partition coefficient (Wildman–Crippen LogP) is 0.762. The molecule has 4 heteroatoms. The molecule has 1 amide bonds. The first kappa shape index (κ1) is 8.62. The van der Waals surface area contributed by atoms with Crippen molar-refractivity contribution in [2.24, 2.45) is 5.73 Å². The number of hydrogen-bond donors (Lipinski definition) is 2. The Bertz CT molecular complexity index is 398. The van der Waals surface area contributed by atoms with Gasteiger partial charge in [0.2, 0.25) is 5.76 Å². The summed E-state index contributed by atoms with van der Waals surface area (Å²) in [5.41, 5.74) is 6.42. The zero-order valence-electron chi connectivity index (χ0n) is 7.47. The van der Waals surface area contributed by atoms with E-state index in [1.807, 2.05) is 18.2 Å².